The van der Waals surface area contributed by atoms with Crippen LogP contribution in [0.15, 0.2) is 5.11 Å². The van der Waals surface area contributed by atoms with Crippen LogP contribution in [-0.2, 0) is 9.59 Å². The standard InChI is InChI=1S/C10H16N4O3S/c1-18-3-2-8(10(16)17)14-6-7(4-9(14)15)5-12-13-11/h7-8H,2-6H2,1H3,(H,16,17). The molecule has 1 heterocycles. The van der Waals surface area contributed by atoms with Crippen molar-refractivity contribution in [1.82, 2.24) is 4.90 Å². The van der Waals surface area contributed by atoms with Crippen LogP contribution < -0.4 is 0 Å². The van der Waals surface area contributed by atoms with Gasteiger partial charge in [-0.2, -0.15) is 11.8 Å². The topological polar surface area (TPSA) is 106 Å². The molecule has 0 aromatic heterocycles. The van der Waals surface area contributed by atoms with Gasteiger partial charge in [-0.1, -0.05) is 5.11 Å². The summed E-state index contributed by atoms with van der Waals surface area (Å²) >= 11 is 1.55. The Hall–Kier alpha value is -1.40. The first-order valence-electron chi connectivity index (χ1n) is 5.62. The van der Waals surface area contributed by atoms with Crippen LogP contribution >= 0.6 is 11.8 Å². The summed E-state index contributed by atoms with van der Waals surface area (Å²) in [6.07, 6.45) is 2.60. The Morgan fingerprint density at radius 3 is 3.06 bits per heavy atom. The third-order valence-electron chi connectivity index (χ3n) is 2.90. The maximum Gasteiger partial charge on any atom is 0.326 e. The summed E-state index contributed by atoms with van der Waals surface area (Å²) in [6, 6.07) is -0.763. The van der Waals surface area contributed by atoms with Gasteiger partial charge < -0.3 is 10.0 Å². The number of carbonyl (C=O) groups excluding carboxylic acids is 1. The third-order valence-corrected chi connectivity index (χ3v) is 3.54. The van der Waals surface area contributed by atoms with Crippen molar-refractivity contribution in [3.8, 4) is 0 Å². The molecule has 7 nitrogen and oxygen atoms in total. The van der Waals surface area contributed by atoms with Crippen molar-refractivity contribution in [3.63, 3.8) is 0 Å². The van der Waals surface area contributed by atoms with Crippen LogP contribution in [0.2, 0.25) is 0 Å². The van der Waals surface area contributed by atoms with E-state index >= 15 is 0 Å². The number of azide groups is 1. The number of nitrogens with zero attached hydrogens (tertiary/aromatic N) is 4. The molecule has 1 rings (SSSR count). The first-order valence-corrected chi connectivity index (χ1v) is 7.01. The number of thioether (sulfide) groups is 1. The van der Waals surface area contributed by atoms with Gasteiger partial charge >= 0.3 is 5.97 Å². The molecule has 0 spiro atoms. The number of carbonyl (C=O) groups is 2. The van der Waals surface area contributed by atoms with E-state index in [1.807, 2.05) is 6.26 Å². The summed E-state index contributed by atoms with van der Waals surface area (Å²) in [5.41, 5.74) is 8.23. The molecule has 8 heteroatoms. The number of amides is 1. The smallest absolute Gasteiger partial charge is 0.326 e. The number of hydrogen-bond acceptors (Lipinski definition) is 4. The molecule has 1 N–H and O–H groups in total. The van der Waals surface area contributed by atoms with Crippen LogP contribution in [0.5, 0.6) is 0 Å². The minimum absolute atomic E-state index is 0.0653. The highest BCUT2D eigenvalue weighted by Crippen LogP contribution is 2.22. The van der Waals surface area contributed by atoms with Crippen LogP contribution in [0, 0.1) is 5.92 Å². The largest absolute Gasteiger partial charge is 0.480 e. The van der Waals surface area contributed by atoms with Gasteiger partial charge in [0.05, 0.1) is 0 Å². The maximum atomic E-state index is 11.8. The van der Waals surface area contributed by atoms with Crippen LogP contribution in [0.1, 0.15) is 12.8 Å². The van der Waals surface area contributed by atoms with E-state index in [0.717, 1.165) is 0 Å². The van der Waals surface area contributed by atoms with Crippen LogP contribution in [-0.4, -0.2) is 53.0 Å². The van der Waals surface area contributed by atoms with E-state index in [9.17, 15) is 9.59 Å². The zero-order valence-electron chi connectivity index (χ0n) is 10.2. The average molecular weight is 272 g/mol. The minimum atomic E-state index is -0.971. The number of hydrogen-bond donors (Lipinski definition) is 1. The number of rotatable bonds is 7. The summed E-state index contributed by atoms with van der Waals surface area (Å²) in [7, 11) is 0. The Balaban J connectivity index is 2.65. The Kier molecular flexibility index (Phi) is 5.80. The van der Waals surface area contributed by atoms with Gasteiger partial charge in [0.15, 0.2) is 0 Å². The summed E-state index contributed by atoms with van der Waals surface area (Å²) in [6.45, 7) is 0.608. The van der Waals surface area contributed by atoms with Crippen molar-refractivity contribution in [2.24, 2.45) is 11.0 Å². The van der Waals surface area contributed by atoms with E-state index in [-0.39, 0.29) is 24.8 Å². The molecule has 1 fully saturated rings. The van der Waals surface area contributed by atoms with Crippen molar-refractivity contribution in [2.75, 3.05) is 25.1 Å². The van der Waals surface area contributed by atoms with E-state index in [0.29, 0.717) is 18.7 Å². The molecule has 100 valence electrons. The van der Waals surface area contributed by atoms with Gasteiger partial charge in [0.25, 0.3) is 0 Å². The van der Waals surface area contributed by atoms with Gasteiger partial charge in [-0.15, -0.1) is 0 Å². The predicted molar refractivity (Wildman–Crippen MR) is 68.3 cm³/mol. The van der Waals surface area contributed by atoms with Gasteiger partial charge in [-0.3, -0.25) is 4.79 Å². The second-order valence-corrected chi connectivity index (χ2v) is 5.15. The fraction of sp³-hybridized carbons (Fsp3) is 0.800. The lowest BCUT2D eigenvalue weighted by Gasteiger charge is -2.24. The molecular weight excluding hydrogens is 256 g/mol. The van der Waals surface area contributed by atoms with E-state index in [2.05, 4.69) is 10.0 Å². The van der Waals surface area contributed by atoms with Crippen molar-refractivity contribution in [1.29, 1.82) is 0 Å². The molecule has 2 unspecified atom stereocenters. The molecule has 0 aromatic rings. The number of carboxylic acid groups (broad SMARTS) is 1. The van der Waals surface area contributed by atoms with Gasteiger partial charge in [-0.25, -0.2) is 4.79 Å². The monoisotopic (exact) mass is 272 g/mol. The van der Waals surface area contributed by atoms with E-state index < -0.39 is 12.0 Å². The zero-order valence-corrected chi connectivity index (χ0v) is 11.0. The van der Waals surface area contributed by atoms with Crippen LogP contribution in [0.25, 0.3) is 10.4 Å². The average Bonchev–Trinajstić information content (AvgIpc) is 2.68. The highest BCUT2D eigenvalue weighted by Gasteiger charge is 2.36. The molecule has 0 radical (unpaired) electrons. The summed E-state index contributed by atoms with van der Waals surface area (Å²) < 4.78 is 0. The molecule has 2 atom stereocenters. The number of aliphatic carboxylic acids is 1. The maximum absolute atomic E-state index is 11.8. The molecule has 1 amide bonds. The number of likely N-dealkylation sites (tertiary alicyclic amines) is 1. The Labute approximate surface area is 109 Å². The molecule has 1 aliphatic heterocycles. The predicted octanol–water partition coefficient (Wildman–Crippen LogP) is 1.35. The summed E-state index contributed by atoms with van der Waals surface area (Å²) in [5.74, 6) is -0.505. The van der Waals surface area contributed by atoms with E-state index in [4.69, 9.17) is 10.6 Å². The first-order chi connectivity index (χ1) is 8.60. The molecule has 0 bridgehead atoms. The lowest BCUT2D eigenvalue weighted by molar-refractivity contribution is -0.148. The van der Waals surface area contributed by atoms with Gasteiger partial charge in [-0.05, 0) is 29.9 Å². The van der Waals surface area contributed by atoms with E-state index in [1.54, 1.807) is 11.8 Å². The lowest BCUT2D eigenvalue weighted by Crippen LogP contribution is -2.42. The van der Waals surface area contributed by atoms with Crippen LogP contribution in [0.4, 0.5) is 0 Å². The molecular formula is C10H16N4O3S. The Morgan fingerprint density at radius 1 is 1.78 bits per heavy atom. The summed E-state index contributed by atoms with van der Waals surface area (Å²) in [4.78, 5) is 27.0. The van der Waals surface area contributed by atoms with Crippen LogP contribution in [0.3, 0.4) is 0 Å². The normalized spacial score (nSPS) is 20.6. The first kappa shape index (κ1) is 14.7. The Morgan fingerprint density at radius 2 is 2.50 bits per heavy atom. The SMILES string of the molecule is CSCCC(C(=O)O)N1CC(CN=[N+]=[N-])CC1=O. The zero-order chi connectivity index (χ0) is 13.5. The van der Waals surface area contributed by atoms with Gasteiger partial charge in [0.2, 0.25) is 5.91 Å². The molecule has 1 aliphatic rings. The highest BCUT2D eigenvalue weighted by molar-refractivity contribution is 7.98. The molecule has 18 heavy (non-hydrogen) atoms. The van der Waals surface area contributed by atoms with Gasteiger partial charge in [0.1, 0.15) is 6.04 Å². The fourth-order valence-electron chi connectivity index (χ4n) is 2.03. The van der Waals surface area contributed by atoms with E-state index in [1.165, 1.54) is 4.90 Å². The molecule has 1 saturated heterocycles. The summed E-state index contributed by atoms with van der Waals surface area (Å²) in [5, 5.41) is 12.6. The minimum Gasteiger partial charge on any atom is -0.480 e. The second-order valence-electron chi connectivity index (χ2n) is 4.17. The number of carboxylic acids is 1. The van der Waals surface area contributed by atoms with Crippen molar-refractivity contribution in [2.45, 2.75) is 18.9 Å². The molecule has 0 aromatic carbocycles. The molecule has 0 saturated carbocycles. The fourth-order valence-corrected chi connectivity index (χ4v) is 2.49. The third kappa shape index (κ3) is 3.82. The second kappa shape index (κ2) is 7.13. The quantitative estimate of drug-likeness (QED) is 0.429. The van der Waals surface area contributed by atoms with Crippen molar-refractivity contribution >= 4 is 23.6 Å². The van der Waals surface area contributed by atoms with Crippen molar-refractivity contribution in [3.05, 3.63) is 10.4 Å². The molecule has 0 aliphatic carbocycles. The van der Waals surface area contributed by atoms with Gasteiger partial charge in [0, 0.05) is 24.4 Å². The van der Waals surface area contributed by atoms with Crippen molar-refractivity contribution < 1.29 is 14.7 Å². The highest BCUT2D eigenvalue weighted by atomic mass is 32.2. The lowest BCUT2D eigenvalue weighted by atomic mass is 10.1. The Bertz CT molecular complexity index is 370.